The van der Waals surface area contributed by atoms with Gasteiger partial charge in [0.15, 0.2) is 0 Å². The van der Waals surface area contributed by atoms with Crippen molar-refractivity contribution < 1.29 is 9.21 Å². The van der Waals surface area contributed by atoms with E-state index in [9.17, 15) is 4.79 Å². The molecule has 0 radical (unpaired) electrons. The van der Waals surface area contributed by atoms with Gasteiger partial charge in [0.1, 0.15) is 6.26 Å². The van der Waals surface area contributed by atoms with Crippen molar-refractivity contribution in [2.24, 2.45) is 0 Å². The summed E-state index contributed by atoms with van der Waals surface area (Å²) in [4.78, 5) is 21.7. The van der Waals surface area contributed by atoms with Crippen LogP contribution < -0.4 is 10.2 Å². The van der Waals surface area contributed by atoms with Crippen LogP contribution in [0, 0.1) is 0 Å². The van der Waals surface area contributed by atoms with Crippen LogP contribution in [0.5, 0.6) is 0 Å². The molecule has 1 aromatic heterocycles. The molecule has 0 bridgehead atoms. The topological polar surface area (TPSA) is 61.6 Å². The van der Waals surface area contributed by atoms with Crippen LogP contribution in [0.2, 0.25) is 5.02 Å². The number of aromatic nitrogens is 1. The van der Waals surface area contributed by atoms with E-state index in [1.54, 1.807) is 6.26 Å². The molecule has 4 rings (SSSR count). The van der Waals surface area contributed by atoms with Crippen molar-refractivity contribution in [3.8, 4) is 11.5 Å². The second-order valence-electron chi connectivity index (χ2n) is 7.50. The largest absolute Gasteiger partial charge is 0.444 e. The Labute approximate surface area is 191 Å². The summed E-state index contributed by atoms with van der Waals surface area (Å²) < 4.78 is 5.56. The molecule has 1 saturated heterocycles. The zero-order valence-electron chi connectivity index (χ0n) is 17.4. The maximum absolute atomic E-state index is 12.6. The predicted molar refractivity (Wildman–Crippen MR) is 128 cm³/mol. The highest BCUT2D eigenvalue weighted by Crippen LogP contribution is 2.30. The lowest BCUT2D eigenvalue weighted by molar-refractivity contribution is -0.113. The molecular formula is C23H25ClN4O2S. The van der Waals surface area contributed by atoms with Crippen LogP contribution in [-0.4, -0.2) is 54.8 Å². The fourth-order valence-electron chi connectivity index (χ4n) is 3.45. The fourth-order valence-corrected chi connectivity index (χ4v) is 4.33. The summed E-state index contributed by atoms with van der Waals surface area (Å²) in [7, 11) is 2.12. The zero-order chi connectivity index (χ0) is 21.6. The average Bonchev–Trinajstić information content (AvgIpc) is 3.24. The number of anilines is 2. The number of halogens is 1. The van der Waals surface area contributed by atoms with E-state index in [2.05, 4.69) is 27.1 Å². The van der Waals surface area contributed by atoms with Crippen LogP contribution in [0.1, 0.15) is 5.69 Å². The Morgan fingerprint density at radius 3 is 2.71 bits per heavy atom. The van der Waals surface area contributed by atoms with Crippen molar-refractivity contribution in [3.63, 3.8) is 0 Å². The SMILES string of the molecule is CN1CCN(c2ccc(Cl)cc2NC(=O)CSCc2coc(-c3ccccc3)n2)CC1. The fraction of sp³-hybridized carbons (Fsp3) is 0.304. The second kappa shape index (κ2) is 10.2. The van der Waals surface area contributed by atoms with Crippen LogP contribution in [0.4, 0.5) is 11.4 Å². The Balaban J connectivity index is 1.32. The minimum absolute atomic E-state index is 0.0607. The lowest BCUT2D eigenvalue weighted by atomic mass is 10.2. The quantitative estimate of drug-likeness (QED) is 0.559. The first kappa shape index (κ1) is 21.7. The monoisotopic (exact) mass is 456 g/mol. The molecule has 1 aliphatic rings. The van der Waals surface area contributed by atoms with Crippen molar-refractivity contribution in [2.75, 3.05) is 49.2 Å². The lowest BCUT2D eigenvalue weighted by Crippen LogP contribution is -2.44. The van der Waals surface area contributed by atoms with Gasteiger partial charge in [-0.3, -0.25) is 4.79 Å². The number of benzene rings is 2. The summed E-state index contributed by atoms with van der Waals surface area (Å²) in [5, 5.41) is 3.64. The van der Waals surface area contributed by atoms with E-state index in [4.69, 9.17) is 16.0 Å². The van der Waals surface area contributed by atoms with E-state index in [1.165, 1.54) is 11.8 Å². The third-order valence-electron chi connectivity index (χ3n) is 5.13. The van der Waals surface area contributed by atoms with Crippen LogP contribution in [0.25, 0.3) is 11.5 Å². The smallest absolute Gasteiger partial charge is 0.234 e. The first-order valence-corrected chi connectivity index (χ1v) is 11.7. The molecule has 1 aliphatic heterocycles. The molecule has 8 heteroatoms. The highest BCUT2D eigenvalue weighted by atomic mass is 35.5. The van der Waals surface area contributed by atoms with Crippen molar-refractivity contribution in [1.82, 2.24) is 9.88 Å². The number of amides is 1. The molecule has 31 heavy (non-hydrogen) atoms. The molecule has 0 aliphatic carbocycles. The van der Waals surface area contributed by atoms with Crippen molar-refractivity contribution in [1.29, 1.82) is 0 Å². The maximum Gasteiger partial charge on any atom is 0.234 e. The predicted octanol–water partition coefficient (Wildman–Crippen LogP) is 4.62. The standard InChI is InChI=1S/C23H25ClN4O2S/c1-27-9-11-28(12-10-27)21-8-7-18(24)13-20(21)26-22(29)16-31-15-19-14-30-23(25-19)17-5-3-2-4-6-17/h2-8,13-14H,9-12,15-16H2,1H3,(H,26,29). The highest BCUT2D eigenvalue weighted by molar-refractivity contribution is 7.99. The normalized spacial score (nSPS) is 14.6. The van der Waals surface area contributed by atoms with Crippen LogP contribution >= 0.6 is 23.4 Å². The molecule has 6 nitrogen and oxygen atoms in total. The Morgan fingerprint density at radius 2 is 1.94 bits per heavy atom. The van der Waals surface area contributed by atoms with Crippen molar-refractivity contribution in [2.45, 2.75) is 5.75 Å². The number of carbonyl (C=O) groups excluding carboxylic acids is 1. The van der Waals surface area contributed by atoms with Gasteiger partial charge in [0, 0.05) is 42.5 Å². The molecule has 0 unspecified atom stereocenters. The van der Waals surface area contributed by atoms with Gasteiger partial charge >= 0.3 is 0 Å². The van der Waals surface area contributed by atoms with Gasteiger partial charge in [-0.25, -0.2) is 4.98 Å². The average molecular weight is 457 g/mol. The molecule has 0 saturated carbocycles. The van der Waals surface area contributed by atoms with Gasteiger partial charge in [-0.2, -0.15) is 0 Å². The van der Waals surface area contributed by atoms with E-state index < -0.39 is 0 Å². The molecule has 162 valence electrons. The number of rotatable bonds is 7. The minimum atomic E-state index is -0.0607. The summed E-state index contributed by atoms with van der Waals surface area (Å²) in [6, 6.07) is 15.4. The first-order valence-electron chi connectivity index (χ1n) is 10.2. The zero-order valence-corrected chi connectivity index (χ0v) is 19.0. The Bertz CT molecular complexity index is 1020. The number of hydrogen-bond donors (Lipinski definition) is 1. The van der Waals surface area contributed by atoms with Crippen LogP contribution in [0.3, 0.4) is 0 Å². The third-order valence-corrected chi connectivity index (χ3v) is 6.33. The summed E-state index contributed by atoms with van der Waals surface area (Å²) in [5.41, 5.74) is 3.53. The van der Waals surface area contributed by atoms with E-state index in [0.717, 1.165) is 48.8 Å². The minimum Gasteiger partial charge on any atom is -0.444 e. The van der Waals surface area contributed by atoms with Crippen LogP contribution in [-0.2, 0) is 10.5 Å². The molecule has 1 N–H and O–H groups in total. The molecule has 0 atom stereocenters. The van der Waals surface area contributed by atoms with Gasteiger partial charge in [0.2, 0.25) is 11.8 Å². The molecule has 2 aromatic carbocycles. The van der Waals surface area contributed by atoms with E-state index in [0.29, 0.717) is 22.4 Å². The summed E-state index contributed by atoms with van der Waals surface area (Å²) in [5.74, 6) is 1.46. The molecule has 1 amide bonds. The van der Waals surface area contributed by atoms with Gasteiger partial charge < -0.3 is 19.5 Å². The van der Waals surface area contributed by atoms with Crippen LogP contribution in [0.15, 0.2) is 59.2 Å². The number of thioether (sulfide) groups is 1. The van der Waals surface area contributed by atoms with Gasteiger partial charge in [-0.05, 0) is 37.4 Å². The number of nitrogens with one attached hydrogen (secondary N) is 1. The molecule has 1 fully saturated rings. The van der Waals surface area contributed by atoms with E-state index in [-0.39, 0.29) is 5.91 Å². The molecule has 3 aromatic rings. The number of piperazine rings is 1. The highest BCUT2D eigenvalue weighted by Gasteiger charge is 2.18. The van der Waals surface area contributed by atoms with Gasteiger partial charge in [0.25, 0.3) is 0 Å². The van der Waals surface area contributed by atoms with E-state index >= 15 is 0 Å². The Morgan fingerprint density at radius 1 is 1.16 bits per heavy atom. The molecular weight excluding hydrogens is 432 g/mol. The number of oxazole rings is 1. The number of carbonyl (C=O) groups is 1. The molecule has 0 spiro atoms. The van der Waals surface area contributed by atoms with Crippen molar-refractivity contribution >= 4 is 40.6 Å². The van der Waals surface area contributed by atoms with Crippen molar-refractivity contribution in [3.05, 3.63) is 65.5 Å². The third kappa shape index (κ3) is 5.81. The second-order valence-corrected chi connectivity index (χ2v) is 8.92. The Kier molecular flexibility index (Phi) is 7.17. The number of hydrogen-bond acceptors (Lipinski definition) is 6. The summed E-state index contributed by atoms with van der Waals surface area (Å²) in [6.07, 6.45) is 1.65. The van der Waals surface area contributed by atoms with E-state index in [1.807, 2.05) is 48.5 Å². The van der Waals surface area contributed by atoms with Gasteiger partial charge in [0.05, 0.1) is 22.8 Å². The Hall–Kier alpha value is -2.48. The lowest BCUT2D eigenvalue weighted by Gasteiger charge is -2.35. The first-order chi connectivity index (χ1) is 15.1. The number of nitrogens with zero attached hydrogens (tertiary/aromatic N) is 3. The van der Waals surface area contributed by atoms with Gasteiger partial charge in [-0.1, -0.05) is 29.8 Å². The summed E-state index contributed by atoms with van der Waals surface area (Å²) >= 11 is 7.70. The van der Waals surface area contributed by atoms with Gasteiger partial charge in [-0.15, -0.1) is 11.8 Å². The number of likely N-dealkylation sites (N-methyl/N-ethyl adjacent to an activating group) is 1. The summed E-state index contributed by atoms with van der Waals surface area (Å²) in [6.45, 7) is 3.83. The molecule has 2 heterocycles. The maximum atomic E-state index is 12.6.